The van der Waals surface area contributed by atoms with Gasteiger partial charge >= 0.3 is 0 Å². The largest absolute Gasteiger partial charge is 0.347 e. The summed E-state index contributed by atoms with van der Waals surface area (Å²) in [6.45, 7) is 3.83. The molecule has 0 radical (unpaired) electrons. The van der Waals surface area contributed by atoms with Crippen molar-refractivity contribution >= 4 is 5.91 Å². The van der Waals surface area contributed by atoms with Crippen LogP contribution < -0.4 is 0 Å². The molecule has 0 unspecified atom stereocenters. The maximum absolute atomic E-state index is 12.6. The van der Waals surface area contributed by atoms with Crippen LogP contribution in [0.4, 0.5) is 0 Å². The van der Waals surface area contributed by atoms with Crippen LogP contribution in [0.15, 0.2) is 22.9 Å². The van der Waals surface area contributed by atoms with E-state index in [0.717, 1.165) is 6.54 Å². The van der Waals surface area contributed by atoms with E-state index in [1.165, 1.54) is 0 Å². The monoisotopic (exact) mass is 289 g/mol. The smallest absolute Gasteiger partial charge is 0.270 e. The summed E-state index contributed by atoms with van der Waals surface area (Å²) in [4.78, 5) is 20.9. The number of likely N-dealkylation sites (N-methyl/N-ethyl adjacent to an activating group) is 1. The third kappa shape index (κ3) is 2.56. The first-order chi connectivity index (χ1) is 10.1. The number of carbonyl (C=O) groups is 1. The van der Waals surface area contributed by atoms with Crippen molar-refractivity contribution in [2.45, 2.75) is 13.0 Å². The normalized spacial score (nSPS) is 20.0. The van der Waals surface area contributed by atoms with Crippen molar-refractivity contribution in [1.29, 1.82) is 0 Å². The average molecular weight is 289 g/mol. The Balaban J connectivity index is 1.80. The van der Waals surface area contributed by atoms with Gasteiger partial charge in [-0.3, -0.25) is 9.69 Å². The number of rotatable bonds is 2. The molecule has 1 amide bonds. The van der Waals surface area contributed by atoms with E-state index in [2.05, 4.69) is 15.0 Å². The van der Waals surface area contributed by atoms with Gasteiger partial charge < -0.3 is 14.0 Å². The van der Waals surface area contributed by atoms with Gasteiger partial charge in [0.25, 0.3) is 5.91 Å². The van der Waals surface area contributed by atoms with E-state index < -0.39 is 0 Å². The van der Waals surface area contributed by atoms with Gasteiger partial charge in [0.15, 0.2) is 5.82 Å². The van der Waals surface area contributed by atoms with Crippen LogP contribution in [0.3, 0.4) is 0 Å². The van der Waals surface area contributed by atoms with Crippen molar-refractivity contribution in [2.75, 3.05) is 26.7 Å². The zero-order valence-electron chi connectivity index (χ0n) is 12.5. The van der Waals surface area contributed by atoms with Crippen molar-refractivity contribution < 1.29 is 9.32 Å². The molecule has 3 rings (SSSR count). The molecule has 0 aliphatic carbocycles. The minimum Gasteiger partial charge on any atom is -0.347 e. The van der Waals surface area contributed by atoms with Gasteiger partial charge in [0.05, 0.1) is 0 Å². The Kier molecular flexibility index (Phi) is 3.50. The molecule has 21 heavy (non-hydrogen) atoms. The summed E-state index contributed by atoms with van der Waals surface area (Å²) in [6.07, 6.45) is 1.88. The van der Waals surface area contributed by atoms with Gasteiger partial charge in [-0.1, -0.05) is 5.16 Å². The van der Waals surface area contributed by atoms with E-state index in [4.69, 9.17) is 4.52 Å². The molecule has 1 atom stereocenters. The maximum Gasteiger partial charge on any atom is 0.270 e. The topological polar surface area (TPSA) is 67.4 Å². The fourth-order valence-corrected chi connectivity index (χ4v) is 2.62. The zero-order chi connectivity index (χ0) is 15.0. The van der Waals surface area contributed by atoms with E-state index in [9.17, 15) is 4.79 Å². The van der Waals surface area contributed by atoms with E-state index in [1.807, 2.05) is 41.9 Å². The van der Waals surface area contributed by atoms with Crippen LogP contribution in [0.5, 0.6) is 0 Å². The van der Waals surface area contributed by atoms with E-state index in [1.54, 1.807) is 6.92 Å². The molecule has 112 valence electrons. The highest BCUT2D eigenvalue weighted by Crippen LogP contribution is 2.23. The number of aryl methyl sites for hydroxylation is 2. The lowest BCUT2D eigenvalue weighted by Crippen LogP contribution is -2.49. The number of hydrogen-bond donors (Lipinski definition) is 0. The molecular formula is C14H19N5O2. The highest BCUT2D eigenvalue weighted by Gasteiger charge is 2.32. The first-order valence-corrected chi connectivity index (χ1v) is 6.97. The first-order valence-electron chi connectivity index (χ1n) is 6.97. The molecule has 2 aromatic rings. The summed E-state index contributed by atoms with van der Waals surface area (Å²) >= 11 is 0. The molecule has 0 saturated carbocycles. The van der Waals surface area contributed by atoms with Crippen LogP contribution >= 0.6 is 0 Å². The van der Waals surface area contributed by atoms with Crippen molar-refractivity contribution in [2.24, 2.45) is 7.05 Å². The Morgan fingerprint density at radius 3 is 2.81 bits per heavy atom. The second kappa shape index (κ2) is 5.33. The Bertz CT molecular complexity index is 647. The molecule has 0 aromatic carbocycles. The SMILES string of the molecule is Cc1noc([C@H]2CN(C(=O)c3cccn3C)CCN2C)n1. The number of piperazine rings is 1. The summed E-state index contributed by atoms with van der Waals surface area (Å²) in [5, 5.41) is 3.84. The molecule has 1 aliphatic rings. The third-order valence-corrected chi connectivity index (χ3v) is 3.93. The van der Waals surface area contributed by atoms with E-state index >= 15 is 0 Å². The Morgan fingerprint density at radius 1 is 1.38 bits per heavy atom. The predicted octanol–water partition coefficient (Wildman–Crippen LogP) is 0.845. The second-order valence-corrected chi connectivity index (χ2v) is 5.43. The van der Waals surface area contributed by atoms with Crippen molar-refractivity contribution in [3.8, 4) is 0 Å². The number of nitrogens with zero attached hydrogens (tertiary/aromatic N) is 5. The minimum absolute atomic E-state index is 0.0387. The lowest BCUT2D eigenvalue weighted by molar-refractivity contribution is 0.0480. The summed E-state index contributed by atoms with van der Waals surface area (Å²) in [6, 6.07) is 3.67. The van der Waals surface area contributed by atoms with Crippen LogP contribution in [0.25, 0.3) is 0 Å². The van der Waals surface area contributed by atoms with E-state index in [0.29, 0.717) is 30.5 Å². The molecule has 2 aromatic heterocycles. The molecule has 7 heteroatoms. The summed E-state index contributed by atoms with van der Waals surface area (Å²) in [5.74, 6) is 1.22. The van der Waals surface area contributed by atoms with Crippen molar-refractivity contribution in [3.05, 3.63) is 35.7 Å². The highest BCUT2D eigenvalue weighted by atomic mass is 16.5. The highest BCUT2D eigenvalue weighted by molar-refractivity contribution is 5.92. The quantitative estimate of drug-likeness (QED) is 0.820. The van der Waals surface area contributed by atoms with Crippen LogP contribution in [-0.4, -0.2) is 57.1 Å². The van der Waals surface area contributed by atoms with Gasteiger partial charge in [-0.2, -0.15) is 4.98 Å². The maximum atomic E-state index is 12.6. The zero-order valence-corrected chi connectivity index (χ0v) is 12.5. The lowest BCUT2D eigenvalue weighted by atomic mass is 10.1. The third-order valence-electron chi connectivity index (χ3n) is 3.93. The van der Waals surface area contributed by atoms with Gasteiger partial charge in [-0.25, -0.2) is 0 Å². The van der Waals surface area contributed by atoms with Crippen molar-refractivity contribution in [3.63, 3.8) is 0 Å². The second-order valence-electron chi connectivity index (χ2n) is 5.43. The Labute approximate surface area is 123 Å². The number of aromatic nitrogens is 3. The number of amides is 1. The van der Waals surface area contributed by atoms with Gasteiger partial charge in [0.2, 0.25) is 5.89 Å². The predicted molar refractivity (Wildman–Crippen MR) is 75.7 cm³/mol. The molecule has 1 saturated heterocycles. The van der Waals surface area contributed by atoms with Crippen molar-refractivity contribution in [1.82, 2.24) is 24.5 Å². The van der Waals surface area contributed by atoms with Gasteiger partial charge in [-0.05, 0) is 26.1 Å². The molecule has 1 aliphatic heterocycles. The summed E-state index contributed by atoms with van der Waals surface area (Å²) < 4.78 is 7.11. The van der Waals surface area contributed by atoms with E-state index in [-0.39, 0.29) is 11.9 Å². The standard InChI is InChI=1S/C14H19N5O2/c1-10-15-13(21-16-10)12-9-19(8-7-18(12)3)14(20)11-5-4-6-17(11)2/h4-6,12H,7-9H2,1-3H3/t12-/m1/s1. The fourth-order valence-electron chi connectivity index (χ4n) is 2.62. The molecule has 0 bridgehead atoms. The molecule has 0 spiro atoms. The van der Waals surface area contributed by atoms with Gasteiger partial charge in [0.1, 0.15) is 11.7 Å². The first kappa shape index (κ1) is 13.8. The molecular weight excluding hydrogens is 270 g/mol. The molecule has 7 nitrogen and oxygen atoms in total. The molecule has 0 N–H and O–H groups in total. The Hall–Kier alpha value is -2.15. The average Bonchev–Trinajstić information content (AvgIpc) is 3.07. The van der Waals surface area contributed by atoms with Crippen LogP contribution in [0.1, 0.15) is 28.2 Å². The summed E-state index contributed by atoms with van der Waals surface area (Å²) in [5.41, 5.74) is 0.694. The number of carbonyl (C=O) groups excluding carboxylic acids is 1. The summed E-state index contributed by atoms with van der Waals surface area (Å²) in [7, 11) is 3.89. The van der Waals surface area contributed by atoms with Crippen LogP contribution in [-0.2, 0) is 7.05 Å². The van der Waals surface area contributed by atoms with Crippen LogP contribution in [0.2, 0.25) is 0 Å². The number of hydrogen-bond acceptors (Lipinski definition) is 5. The fraction of sp³-hybridized carbons (Fsp3) is 0.500. The minimum atomic E-state index is -0.0517. The van der Waals surface area contributed by atoms with Gasteiger partial charge in [-0.15, -0.1) is 0 Å². The lowest BCUT2D eigenvalue weighted by Gasteiger charge is -2.37. The van der Waals surface area contributed by atoms with Crippen LogP contribution in [0, 0.1) is 6.92 Å². The molecule has 3 heterocycles. The Morgan fingerprint density at radius 2 is 2.19 bits per heavy atom. The molecule has 1 fully saturated rings. The van der Waals surface area contributed by atoms with Gasteiger partial charge in [0, 0.05) is 32.9 Å².